The van der Waals surface area contributed by atoms with Crippen molar-refractivity contribution in [3.05, 3.63) is 59.4 Å². The van der Waals surface area contributed by atoms with Gasteiger partial charge in [0.25, 0.3) is 0 Å². The fraction of sp³-hybridized carbons (Fsp3) is 0.188. The van der Waals surface area contributed by atoms with Crippen LogP contribution in [0, 0.1) is 5.82 Å². The maximum absolute atomic E-state index is 13.4. The molecule has 0 N–H and O–H groups in total. The van der Waals surface area contributed by atoms with E-state index in [0.29, 0.717) is 16.2 Å². The standard InChI is InChI=1S/C16H15FO3S/c1-19-13-6-3-11(4-7-13)10-21-15-9-12(17)5-8-14(15)16(18)20-2/h3-9H,10H2,1-2H3. The second-order valence-electron chi connectivity index (χ2n) is 4.27. The Labute approximate surface area is 127 Å². The van der Waals surface area contributed by atoms with E-state index in [-0.39, 0.29) is 5.82 Å². The van der Waals surface area contributed by atoms with E-state index in [0.717, 1.165) is 11.3 Å². The first-order valence-electron chi connectivity index (χ1n) is 6.27. The number of hydrogen-bond donors (Lipinski definition) is 0. The Morgan fingerprint density at radius 3 is 2.48 bits per heavy atom. The van der Waals surface area contributed by atoms with E-state index < -0.39 is 5.97 Å². The van der Waals surface area contributed by atoms with Crippen LogP contribution in [-0.4, -0.2) is 20.2 Å². The fourth-order valence-electron chi connectivity index (χ4n) is 1.78. The summed E-state index contributed by atoms with van der Waals surface area (Å²) in [6.45, 7) is 0. The van der Waals surface area contributed by atoms with E-state index in [2.05, 4.69) is 0 Å². The predicted molar refractivity (Wildman–Crippen MR) is 80.3 cm³/mol. The van der Waals surface area contributed by atoms with Crippen LogP contribution in [0.3, 0.4) is 0 Å². The zero-order valence-electron chi connectivity index (χ0n) is 11.8. The summed E-state index contributed by atoms with van der Waals surface area (Å²) in [6.07, 6.45) is 0. The molecule has 0 aliphatic rings. The van der Waals surface area contributed by atoms with Crippen LogP contribution in [0.15, 0.2) is 47.4 Å². The van der Waals surface area contributed by atoms with Crippen LogP contribution in [0.4, 0.5) is 4.39 Å². The molecule has 0 fully saturated rings. The van der Waals surface area contributed by atoms with Crippen LogP contribution in [-0.2, 0) is 10.5 Å². The van der Waals surface area contributed by atoms with Crippen molar-refractivity contribution >= 4 is 17.7 Å². The summed E-state index contributed by atoms with van der Waals surface area (Å²) in [7, 11) is 2.92. The minimum atomic E-state index is -0.466. The number of methoxy groups -OCH3 is 2. The maximum Gasteiger partial charge on any atom is 0.338 e. The predicted octanol–water partition coefficient (Wildman–Crippen LogP) is 3.91. The van der Waals surface area contributed by atoms with Gasteiger partial charge in [-0.1, -0.05) is 12.1 Å². The van der Waals surface area contributed by atoms with Crippen LogP contribution in [0.2, 0.25) is 0 Å². The lowest BCUT2D eigenvalue weighted by atomic mass is 10.2. The smallest absolute Gasteiger partial charge is 0.338 e. The maximum atomic E-state index is 13.4. The second kappa shape index (κ2) is 7.13. The quantitative estimate of drug-likeness (QED) is 0.620. The summed E-state index contributed by atoms with van der Waals surface area (Å²) in [6, 6.07) is 11.6. The Morgan fingerprint density at radius 1 is 1.14 bits per heavy atom. The number of carbonyl (C=O) groups is 1. The van der Waals surface area contributed by atoms with E-state index in [1.165, 1.54) is 37.1 Å². The van der Waals surface area contributed by atoms with Gasteiger partial charge in [0, 0.05) is 10.6 Å². The van der Waals surface area contributed by atoms with Gasteiger partial charge in [0.05, 0.1) is 19.8 Å². The third-order valence-electron chi connectivity index (χ3n) is 2.90. The van der Waals surface area contributed by atoms with E-state index in [9.17, 15) is 9.18 Å². The molecule has 0 saturated carbocycles. The molecule has 21 heavy (non-hydrogen) atoms. The SMILES string of the molecule is COC(=O)c1ccc(F)cc1SCc1ccc(OC)cc1. The Morgan fingerprint density at radius 2 is 1.86 bits per heavy atom. The minimum absolute atomic E-state index is 0.373. The lowest BCUT2D eigenvalue weighted by Crippen LogP contribution is -2.03. The molecule has 0 aromatic heterocycles. The monoisotopic (exact) mass is 306 g/mol. The normalized spacial score (nSPS) is 10.2. The summed E-state index contributed by atoms with van der Waals surface area (Å²) in [4.78, 5) is 12.2. The molecule has 2 aromatic rings. The third kappa shape index (κ3) is 3.98. The summed E-state index contributed by atoms with van der Waals surface area (Å²) < 4.78 is 23.2. The average Bonchev–Trinajstić information content (AvgIpc) is 2.52. The summed E-state index contributed by atoms with van der Waals surface area (Å²) in [5.41, 5.74) is 1.43. The number of benzene rings is 2. The fourth-order valence-corrected chi connectivity index (χ4v) is 2.79. The topological polar surface area (TPSA) is 35.5 Å². The molecule has 0 saturated heterocycles. The zero-order valence-corrected chi connectivity index (χ0v) is 12.6. The lowest BCUT2D eigenvalue weighted by molar-refractivity contribution is 0.0596. The number of thioether (sulfide) groups is 1. The Hall–Kier alpha value is -2.01. The highest BCUT2D eigenvalue weighted by Gasteiger charge is 2.13. The van der Waals surface area contributed by atoms with Crippen molar-refractivity contribution in [2.24, 2.45) is 0 Å². The van der Waals surface area contributed by atoms with Gasteiger partial charge in [-0.2, -0.15) is 0 Å². The highest BCUT2D eigenvalue weighted by Crippen LogP contribution is 2.28. The van der Waals surface area contributed by atoms with Crippen LogP contribution in [0.25, 0.3) is 0 Å². The molecule has 0 bridgehead atoms. The highest BCUT2D eigenvalue weighted by molar-refractivity contribution is 7.98. The molecule has 0 unspecified atom stereocenters. The summed E-state index contributed by atoms with van der Waals surface area (Å²) in [5.74, 6) is 0.564. The Bertz CT molecular complexity index is 626. The third-order valence-corrected chi connectivity index (χ3v) is 4.03. The highest BCUT2D eigenvalue weighted by atomic mass is 32.2. The zero-order chi connectivity index (χ0) is 15.2. The van der Waals surface area contributed by atoms with Gasteiger partial charge in [-0.3, -0.25) is 0 Å². The number of carbonyl (C=O) groups excluding carboxylic acids is 1. The molecule has 2 rings (SSSR count). The lowest BCUT2D eigenvalue weighted by Gasteiger charge is -2.08. The van der Waals surface area contributed by atoms with Crippen molar-refractivity contribution in [2.75, 3.05) is 14.2 Å². The molecule has 3 nitrogen and oxygen atoms in total. The van der Waals surface area contributed by atoms with Crippen LogP contribution in [0.5, 0.6) is 5.75 Å². The van der Waals surface area contributed by atoms with Gasteiger partial charge in [0.15, 0.2) is 0 Å². The molecule has 0 spiro atoms. The van der Waals surface area contributed by atoms with Gasteiger partial charge in [0.2, 0.25) is 0 Å². The van der Waals surface area contributed by atoms with Gasteiger partial charge >= 0.3 is 5.97 Å². The molecule has 0 aliphatic carbocycles. The molecule has 5 heteroatoms. The summed E-state index contributed by atoms with van der Waals surface area (Å²) in [5, 5.41) is 0. The number of hydrogen-bond acceptors (Lipinski definition) is 4. The van der Waals surface area contributed by atoms with Crippen molar-refractivity contribution in [2.45, 2.75) is 10.6 Å². The second-order valence-corrected chi connectivity index (χ2v) is 5.29. The molecule has 0 aliphatic heterocycles. The molecule has 0 amide bonds. The molecular formula is C16H15FO3S. The average molecular weight is 306 g/mol. The largest absolute Gasteiger partial charge is 0.497 e. The van der Waals surface area contributed by atoms with Gasteiger partial charge in [-0.15, -0.1) is 11.8 Å². The Kier molecular flexibility index (Phi) is 5.22. The number of esters is 1. The van der Waals surface area contributed by atoms with Gasteiger partial charge in [-0.25, -0.2) is 9.18 Å². The van der Waals surface area contributed by atoms with E-state index in [1.807, 2.05) is 24.3 Å². The number of halogens is 1. The molecule has 0 atom stereocenters. The van der Waals surface area contributed by atoms with Gasteiger partial charge < -0.3 is 9.47 Å². The van der Waals surface area contributed by atoms with E-state index in [4.69, 9.17) is 9.47 Å². The number of ether oxygens (including phenoxy) is 2. The molecule has 110 valence electrons. The summed E-state index contributed by atoms with van der Waals surface area (Å²) >= 11 is 1.39. The van der Waals surface area contributed by atoms with Gasteiger partial charge in [0.1, 0.15) is 11.6 Å². The molecule has 0 radical (unpaired) electrons. The van der Waals surface area contributed by atoms with Crippen LogP contribution in [0.1, 0.15) is 15.9 Å². The van der Waals surface area contributed by atoms with Crippen molar-refractivity contribution < 1.29 is 18.7 Å². The van der Waals surface area contributed by atoms with Crippen molar-refractivity contribution in [1.82, 2.24) is 0 Å². The van der Waals surface area contributed by atoms with Gasteiger partial charge in [-0.05, 0) is 35.9 Å². The van der Waals surface area contributed by atoms with Crippen molar-refractivity contribution in [3.8, 4) is 5.75 Å². The van der Waals surface area contributed by atoms with E-state index in [1.54, 1.807) is 7.11 Å². The first kappa shape index (κ1) is 15.4. The van der Waals surface area contributed by atoms with Crippen molar-refractivity contribution in [3.63, 3.8) is 0 Å². The molecule has 0 heterocycles. The van der Waals surface area contributed by atoms with Crippen LogP contribution >= 0.6 is 11.8 Å². The van der Waals surface area contributed by atoms with E-state index >= 15 is 0 Å². The molecular weight excluding hydrogens is 291 g/mol. The first-order valence-corrected chi connectivity index (χ1v) is 7.26. The van der Waals surface area contributed by atoms with Crippen LogP contribution < -0.4 is 4.74 Å². The number of rotatable bonds is 5. The first-order chi connectivity index (χ1) is 10.1. The molecule has 2 aromatic carbocycles. The van der Waals surface area contributed by atoms with Crippen molar-refractivity contribution in [1.29, 1.82) is 0 Å². The minimum Gasteiger partial charge on any atom is -0.497 e. The Balaban J connectivity index is 2.14.